The van der Waals surface area contributed by atoms with E-state index in [1.807, 2.05) is 11.8 Å². The quantitative estimate of drug-likeness (QED) is 0.846. The van der Waals surface area contributed by atoms with Gasteiger partial charge in [-0.15, -0.1) is 22.6 Å². The number of nitrogens with zero attached hydrogens (tertiary/aromatic N) is 2. The summed E-state index contributed by atoms with van der Waals surface area (Å²) in [6.07, 6.45) is 0.478. The lowest BCUT2D eigenvalue weighted by Gasteiger charge is -2.22. The lowest BCUT2D eigenvalue weighted by molar-refractivity contribution is -0.116. The van der Waals surface area contributed by atoms with Crippen LogP contribution in [0.25, 0.3) is 10.6 Å². The lowest BCUT2D eigenvalue weighted by Crippen LogP contribution is -2.39. The Morgan fingerprint density at radius 2 is 2.04 bits per heavy atom. The number of hydrogen-bond donors (Lipinski definition) is 2. The molecule has 1 amide bonds. The molecule has 2 N–H and O–H groups in total. The molecule has 8 heteroatoms. The molecular weight excluding hydrogens is 364 g/mol. The van der Waals surface area contributed by atoms with E-state index >= 15 is 0 Å². The average molecular weight is 385 g/mol. The predicted octanol–water partition coefficient (Wildman–Crippen LogP) is 3.28. The Hall–Kier alpha value is -1.15. The molecule has 2 aromatic rings. The summed E-state index contributed by atoms with van der Waals surface area (Å²) in [5, 5.41) is 15.9. The summed E-state index contributed by atoms with van der Waals surface area (Å²) in [5.41, 5.74) is 3.44. The number of amides is 1. The number of anilines is 1. The standard InChI is InChI=1S/C16H20N4OS2.ClH/c1-10-5-11(2)7-12(6-10)15-19-20-16(23-15)18-14(21)8-13-9-22-4-3-17-13;/h5-7,13,17H,3-4,8-9H2,1-2H3,(H,18,20,21);1H. The number of aryl methyl sites for hydroxylation is 2. The first-order chi connectivity index (χ1) is 11.1. The number of carbonyl (C=O) groups is 1. The summed E-state index contributed by atoms with van der Waals surface area (Å²) >= 11 is 3.30. The molecule has 1 fully saturated rings. The van der Waals surface area contributed by atoms with E-state index in [1.54, 1.807) is 0 Å². The molecule has 1 aliphatic rings. The summed E-state index contributed by atoms with van der Waals surface area (Å²) in [6, 6.07) is 6.55. The van der Waals surface area contributed by atoms with Crippen molar-refractivity contribution in [1.82, 2.24) is 15.5 Å². The second-order valence-electron chi connectivity index (χ2n) is 5.77. The molecule has 24 heavy (non-hydrogen) atoms. The maximum atomic E-state index is 12.1. The van der Waals surface area contributed by atoms with Crippen LogP contribution in [-0.2, 0) is 4.79 Å². The summed E-state index contributed by atoms with van der Waals surface area (Å²) in [4.78, 5) is 12.1. The highest BCUT2D eigenvalue weighted by Gasteiger charge is 2.18. The Bertz CT molecular complexity index is 681. The van der Waals surface area contributed by atoms with Crippen LogP contribution in [0.4, 0.5) is 5.13 Å². The number of thioether (sulfide) groups is 1. The van der Waals surface area contributed by atoms with Gasteiger partial charge in [0.05, 0.1) is 0 Å². The highest BCUT2D eigenvalue weighted by Crippen LogP contribution is 2.28. The summed E-state index contributed by atoms with van der Waals surface area (Å²) < 4.78 is 0. The van der Waals surface area contributed by atoms with Crippen LogP contribution < -0.4 is 10.6 Å². The number of aromatic nitrogens is 2. The van der Waals surface area contributed by atoms with Crippen LogP contribution in [0.1, 0.15) is 17.5 Å². The second kappa shape index (κ2) is 8.80. The smallest absolute Gasteiger partial charge is 0.227 e. The molecule has 2 heterocycles. The van der Waals surface area contributed by atoms with Crippen LogP contribution in [0.3, 0.4) is 0 Å². The van der Waals surface area contributed by atoms with Crippen molar-refractivity contribution in [2.45, 2.75) is 26.3 Å². The topological polar surface area (TPSA) is 66.9 Å². The normalized spacial score (nSPS) is 17.2. The van der Waals surface area contributed by atoms with E-state index in [0.717, 1.165) is 28.6 Å². The summed E-state index contributed by atoms with van der Waals surface area (Å²) in [6.45, 7) is 5.10. The van der Waals surface area contributed by atoms with E-state index in [-0.39, 0.29) is 24.4 Å². The zero-order valence-corrected chi connectivity index (χ0v) is 16.1. The van der Waals surface area contributed by atoms with Crippen molar-refractivity contribution in [2.75, 3.05) is 23.4 Å². The van der Waals surface area contributed by atoms with E-state index in [2.05, 4.69) is 52.9 Å². The molecule has 1 aromatic heterocycles. The Morgan fingerprint density at radius 3 is 2.71 bits per heavy atom. The molecule has 0 radical (unpaired) electrons. The Kier molecular flexibility index (Phi) is 7.03. The molecule has 5 nitrogen and oxygen atoms in total. The van der Waals surface area contributed by atoms with Crippen LogP contribution >= 0.6 is 35.5 Å². The summed E-state index contributed by atoms with van der Waals surface area (Å²) in [7, 11) is 0. The highest BCUT2D eigenvalue weighted by atomic mass is 35.5. The van der Waals surface area contributed by atoms with Crippen LogP contribution in [-0.4, -0.2) is 40.2 Å². The number of benzene rings is 1. The third-order valence-corrected chi connectivity index (χ3v) is 5.59. The van der Waals surface area contributed by atoms with Crippen LogP contribution in [0.15, 0.2) is 18.2 Å². The molecule has 0 bridgehead atoms. The first-order valence-electron chi connectivity index (χ1n) is 7.63. The third-order valence-electron chi connectivity index (χ3n) is 3.57. The van der Waals surface area contributed by atoms with Gasteiger partial charge in [0, 0.05) is 36.1 Å². The van der Waals surface area contributed by atoms with E-state index in [0.29, 0.717) is 11.6 Å². The number of carbonyl (C=O) groups excluding carboxylic acids is 1. The van der Waals surface area contributed by atoms with Gasteiger partial charge in [0.1, 0.15) is 5.01 Å². The van der Waals surface area contributed by atoms with Crippen molar-refractivity contribution in [3.05, 3.63) is 29.3 Å². The minimum atomic E-state index is -0.00637. The van der Waals surface area contributed by atoms with Gasteiger partial charge in [0.15, 0.2) is 0 Å². The number of nitrogens with one attached hydrogen (secondary N) is 2. The molecule has 1 atom stereocenters. The summed E-state index contributed by atoms with van der Waals surface area (Å²) in [5.74, 6) is 2.10. The highest BCUT2D eigenvalue weighted by molar-refractivity contribution is 7.99. The number of rotatable bonds is 4. The molecule has 0 spiro atoms. The fourth-order valence-corrected chi connectivity index (χ4v) is 4.33. The van der Waals surface area contributed by atoms with Gasteiger partial charge in [-0.05, 0) is 26.0 Å². The zero-order valence-electron chi connectivity index (χ0n) is 13.7. The van der Waals surface area contributed by atoms with Crippen LogP contribution in [0.5, 0.6) is 0 Å². The van der Waals surface area contributed by atoms with Crippen LogP contribution in [0, 0.1) is 13.8 Å². The third kappa shape index (κ3) is 5.17. The van der Waals surface area contributed by atoms with Gasteiger partial charge in [-0.3, -0.25) is 4.79 Å². The van der Waals surface area contributed by atoms with Crippen molar-refractivity contribution >= 4 is 46.5 Å². The monoisotopic (exact) mass is 384 g/mol. The number of halogens is 1. The first kappa shape index (κ1) is 19.2. The average Bonchev–Trinajstić information content (AvgIpc) is 2.95. The van der Waals surface area contributed by atoms with Crippen molar-refractivity contribution in [1.29, 1.82) is 0 Å². The van der Waals surface area contributed by atoms with Gasteiger partial charge >= 0.3 is 0 Å². The zero-order chi connectivity index (χ0) is 16.2. The molecule has 130 valence electrons. The fraction of sp³-hybridized carbons (Fsp3) is 0.438. The fourth-order valence-electron chi connectivity index (χ4n) is 2.63. The SMILES string of the molecule is Cc1cc(C)cc(-c2nnc(NC(=O)CC3CSCCN3)s2)c1.Cl. The van der Waals surface area contributed by atoms with Gasteiger partial charge in [0.2, 0.25) is 11.0 Å². The van der Waals surface area contributed by atoms with Gasteiger partial charge in [-0.1, -0.05) is 28.5 Å². The van der Waals surface area contributed by atoms with E-state index < -0.39 is 0 Å². The minimum absolute atomic E-state index is 0. The van der Waals surface area contributed by atoms with Crippen molar-refractivity contribution < 1.29 is 4.79 Å². The van der Waals surface area contributed by atoms with Gasteiger partial charge in [0.25, 0.3) is 0 Å². The van der Waals surface area contributed by atoms with Gasteiger partial charge < -0.3 is 10.6 Å². The largest absolute Gasteiger partial charge is 0.312 e. The molecule has 0 saturated carbocycles. The Labute approximate surface area is 156 Å². The maximum Gasteiger partial charge on any atom is 0.227 e. The van der Waals surface area contributed by atoms with E-state index in [4.69, 9.17) is 0 Å². The molecule has 1 aliphatic heterocycles. The van der Waals surface area contributed by atoms with E-state index in [1.165, 1.54) is 22.5 Å². The van der Waals surface area contributed by atoms with Gasteiger partial charge in [-0.2, -0.15) is 11.8 Å². The molecular formula is C16H21ClN4OS2. The van der Waals surface area contributed by atoms with Crippen molar-refractivity contribution in [2.24, 2.45) is 0 Å². The first-order valence-corrected chi connectivity index (χ1v) is 9.60. The van der Waals surface area contributed by atoms with E-state index in [9.17, 15) is 4.79 Å². The van der Waals surface area contributed by atoms with Crippen molar-refractivity contribution in [3.63, 3.8) is 0 Å². The minimum Gasteiger partial charge on any atom is -0.312 e. The molecule has 0 aliphatic carbocycles. The second-order valence-corrected chi connectivity index (χ2v) is 7.89. The van der Waals surface area contributed by atoms with Crippen LogP contribution in [0.2, 0.25) is 0 Å². The maximum absolute atomic E-state index is 12.1. The van der Waals surface area contributed by atoms with Gasteiger partial charge in [-0.25, -0.2) is 0 Å². The Balaban J connectivity index is 0.00000208. The molecule has 1 unspecified atom stereocenters. The molecule has 1 saturated heterocycles. The lowest BCUT2D eigenvalue weighted by atomic mass is 10.1. The molecule has 3 rings (SSSR count). The molecule has 1 aromatic carbocycles. The predicted molar refractivity (Wildman–Crippen MR) is 104 cm³/mol. The van der Waals surface area contributed by atoms with Crippen molar-refractivity contribution in [3.8, 4) is 10.6 Å². The number of hydrogen-bond acceptors (Lipinski definition) is 6. The Morgan fingerprint density at radius 1 is 1.29 bits per heavy atom.